The minimum absolute atomic E-state index is 0.0110. The molecule has 0 aliphatic rings. The van der Waals surface area contributed by atoms with Crippen LogP contribution >= 0.6 is 11.6 Å². The molecule has 0 fully saturated rings. The summed E-state index contributed by atoms with van der Waals surface area (Å²) >= 11 is 6.51. The third-order valence-electron chi connectivity index (χ3n) is 5.35. The molecule has 0 unspecified atom stereocenters. The van der Waals surface area contributed by atoms with Crippen molar-refractivity contribution in [1.29, 1.82) is 0 Å². The molecule has 0 aliphatic carbocycles. The molecule has 160 valence electrons. The normalized spacial score (nSPS) is 10.8. The highest BCUT2D eigenvalue weighted by Gasteiger charge is 2.24. The Labute approximate surface area is 191 Å². The second-order valence-corrected chi connectivity index (χ2v) is 8.00. The summed E-state index contributed by atoms with van der Waals surface area (Å²) in [6, 6.07) is 19.9. The quantitative estimate of drug-likeness (QED) is 0.438. The van der Waals surface area contributed by atoms with Crippen LogP contribution in [0.3, 0.4) is 0 Å². The van der Waals surface area contributed by atoms with Gasteiger partial charge < -0.3 is 9.88 Å². The van der Waals surface area contributed by atoms with Gasteiger partial charge in [-0.2, -0.15) is 0 Å². The Balaban J connectivity index is 2.01. The minimum atomic E-state index is -0.492. The molecular formula is C26H22ClN3O2. The van der Waals surface area contributed by atoms with E-state index in [4.69, 9.17) is 11.6 Å². The van der Waals surface area contributed by atoms with Crippen molar-refractivity contribution in [2.24, 2.45) is 0 Å². The molecule has 1 N–H and O–H groups in total. The summed E-state index contributed by atoms with van der Waals surface area (Å²) in [4.78, 5) is 31.1. The first-order valence-corrected chi connectivity index (χ1v) is 10.6. The number of hydrogen-bond acceptors (Lipinski definition) is 3. The van der Waals surface area contributed by atoms with E-state index >= 15 is 0 Å². The van der Waals surface area contributed by atoms with Crippen molar-refractivity contribution in [3.63, 3.8) is 0 Å². The average Bonchev–Trinajstić information content (AvgIpc) is 2.77. The maximum atomic E-state index is 13.5. The summed E-state index contributed by atoms with van der Waals surface area (Å²) in [7, 11) is 0. The first kappa shape index (κ1) is 21.5. The lowest BCUT2D eigenvalue weighted by Gasteiger charge is -2.21. The highest BCUT2D eigenvalue weighted by Crippen LogP contribution is 2.30. The van der Waals surface area contributed by atoms with E-state index in [0.29, 0.717) is 33.5 Å². The highest BCUT2D eigenvalue weighted by molar-refractivity contribution is 6.32. The predicted molar refractivity (Wildman–Crippen MR) is 129 cm³/mol. The Morgan fingerprint density at radius 2 is 1.62 bits per heavy atom. The van der Waals surface area contributed by atoms with Crippen molar-refractivity contribution >= 4 is 23.2 Å². The average molecular weight is 444 g/mol. The van der Waals surface area contributed by atoms with Gasteiger partial charge in [-0.15, -0.1) is 0 Å². The van der Waals surface area contributed by atoms with Gasteiger partial charge in [0.25, 0.3) is 5.91 Å². The van der Waals surface area contributed by atoms with E-state index in [1.807, 2.05) is 67.8 Å². The standard InChI is InChI=1S/C26H22ClN3O2/c1-16-9-8-10-17(2)24(16)29-26(32)23-22(31)15-18(3)30(21-13-5-4-11-19(21)27)25(23)20-12-6-7-14-28-20/h4-15H,1-3H3,(H,29,32). The Morgan fingerprint density at radius 3 is 2.28 bits per heavy atom. The van der Waals surface area contributed by atoms with Gasteiger partial charge >= 0.3 is 0 Å². The van der Waals surface area contributed by atoms with Crippen molar-refractivity contribution in [3.05, 3.63) is 111 Å². The number of anilines is 1. The number of carbonyl (C=O) groups is 1. The van der Waals surface area contributed by atoms with E-state index in [2.05, 4.69) is 10.3 Å². The molecule has 0 aliphatic heterocycles. The molecule has 0 saturated carbocycles. The molecule has 2 aromatic carbocycles. The second kappa shape index (κ2) is 8.81. The van der Waals surface area contributed by atoms with Crippen LogP contribution in [0.5, 0.6) is 0 Å². The van der Waals surface area contributed by atoms with Crippen molar-refractivity contribution < 1.29 is 4.79 Å². The lowest BCUT2D eigenvalue weighted by molar-refractivity contribution is 0.102. The van der Waals surface area contributed by atoms with Crippen LogP contribution in [0.25, 0.3) is 17.1 Å². The molecule has 0 atom stereocenters. The number of para-hydroxylation sites is 2. The van der Waals surface area contributed by atoms with Gasteiger partial charge in [0, 0.05) is 23.6 Å². The zero-order chi connectivity index (χ0) is 22.8. The number of aromatic nitrogens is 2. The number of nitrogens with one attached hydrogen (secondary N) is 1. The smallest absolute Gasteiger partial charge is 0.261 e. The van der Waals surface area contributed by atoms with Gasteiger partial charge in [0.1, 0.15) is 5.56 Å². The van der Waals surface area contributed by atoms with Crippen molar-refractivity contribution in [1.82, 2.24) is 9.55 Å². The molecule has 0 radical (unpaired) electrons. The van der Waals surface area contributed by atoms with Gasteiger partial charge in [-0.05, 0) is 56.2 Å². The van der Waals surface area contributed by atoms with Crippen LogP contribution in [0.15, 0.2) is 77.7 Å². The molecule has 0 saturated heterocycles. The molecule has 1 amide bonds. The number of benzene rings is 2. The van der Waals surface area contributed by atoms with E-state index < -0.39 is 5.91 Å². The van der Waals surface area contributed by atoms with Crippen molar-refractivity contribution in [3.8, 4) is 17.1 Å². The minimum Gasteiger partial charge on any atom is -0.321 e. The maximum absolute atomic E-state index is 13.5. The summed E-state index contributed by atoms with van der Waals surface area (Å²) in [5, 5.41) is 3.44. The molecule has 0 bridgehead atoms. The molecule has 2 heterocycles. The van der Waals surface area contributed by atoms with E-state index in [9.17, 15) is 9.59 Å². The molecule has 2 aromatic heterocycles. The number of aryl methyl sites for hydroxylation is 3. The predicted octanol–water partition coefficient (Wildman–Crippen LogP) is 5.73. The third-order valence-corrected chi connectivity index (χ3v) is 5.67. The molecule has 4 aromatic rings. The summed E-state index contributed by atoms with van der Waals surface area (Å²) in [6.45, 7) is 5.64. The van der Waals surface area contributed by atoms with Crippen LogP contribution in [0.1, 0.15) is 27.2 Å². The SMILES string of the molecule is Cc1cccc(C)c1NC(=O)c1c(-c2ccccn2)n(-c2ccccc2Cl)c(C)cc1=O. The zero-order valence-corrected chi connectivity index (χ0v) is 18.8. The third kappa shape index (κ3) is 3.95. The van der Waals surface area contributed by atoms with E-state index in [0.717, 1.165) is 11.1 Å². The Morgan fingerprint density at radius 1 is 0.938 bits per heavy atom. The largest absolute Gasteiger partial charge is 0.321 e. The van der Waals surface area contributed by atoms with Gasteiger partial charge in [-0.3, -0.25) is 14.6 Å². The second-order valence-electron chi connectivity index (χ2n) is 7.60. The number of amides is 1. The van der Waals surface area contributed by atoms with Crippen molar-refractivity contribution in [2.75, 3.05) is 5.32 Å². The number of carbonyl (C=O) groups excluding carboxylic acids is 1. The van der Waals surface area contributed by atoms with E-state index in [1.165, 1.54) is 6.07 Å². The fourth-order valence-corrected chi connectivity index (χ4v) is 4.05. The van der Waals surface area contributed by atoms with Crippen molar-refractivity contribution in [2.45, 2.75) is 20.8 Å². The van der Waals surface area contributed by atoms with Gasteiger partial charge in [0.05, 0.1) is 22.1 Å². The summed E-state index contributed by atoms with van der Waals surface area (Å²) in [5.74, 6) is -0.492. The van der Waals surface area contributed by atoms with E-state index in [-0.39, 0.29) is 11.0 Å². The van der Waals surface area contributed by atoms with Crippen LogP contribution in [0.2, 0.25) is 5.02 Å². The van der Waals surface area contributed by atoms with Crippen LogP contribution in [-0.4, -0.2) is 15.5 Å². The lowest BCUT2D eigenvalue weighted by atomic mass is 10.0. The molecule has 0 spiro atoms. The Hall–Kier alpha value is -3.70. The number of hydrogen-bond donors (Lipinski definition) is 1. The number of halogens is 1. The monoisotopic (exact) mass is 443 g/mol. The molecule has 6 heteroatoms. The fraction of sp³-hybridized carbons (Fsp3) is 0.115. The topological polar surface area (TPSA) is 64.0 Å². The Kier molecular flexibility index (Phi) is 5.93. The summed E-state index contributed by atoms with van der Waals surface area (Å²) in [6.07, 6.45) is 1.63. The molecular weight excluding hydrogens is 422 g/mol. The maximum Gasteiger partial charge on any atom is 0.261 e. The highest BCUT2D eigenvalue weighted by atomic mass is 35.5. The molecule has 4 rings (SSSR count). The zero-order valence-electron chi connectivity index (χ0n) is 18.0. The number of rotatable bonds is 4. The van der Waals surface area contributed by atoms with Crippen LogP contribution in [0, 0.1) is 20.8 Å². The van der Waals surface area contributed by atoms with Crippen LogP contribution < -0.4 is 10.7 Å². The van der Waals surface area contributed by atoms with Gasteiger partial charge in [-0.1, -0.05) is 48.0 Å². The van der Waals surface area contributed by atoms with E-state index in [1.54, 1.807) is 24.4 Å². The fourth-order valence-electron chi connectivity index (χ4n) is 3.83. The van der Waals surface area contributed by atoms with Crippen LogP contribution in [0.4, 0.5) is 5.69 Å². The molecule has 5 nitrogen and oxygen atoms in total. The van der Waals surface area contributed by atoms with Gasteiger partial charge in [-0.25, -0.2) is 0 Å². The Bertz CT molecular complexity index is 1360. The van der Waals surface area contributed by atoms with Crippen LogP contribution in [-0.2, 0) is 0 Å². The molecule has 32 heavy (non-hydrogen) atoms. The first-order chi connectivity index (χ1) is 15.4. The summed E-state index contributed by atoms with van der Waals surface area (Å²) < 4.78 is 1.81. The van der Waals surface area contributed by atoms with Gasteiger partial charge in [0.2, 0.25) is 0 Å². The lowest BCUT2D eigenvalue weighted by Crippen LogP contribution is -2.27. The van der Waals surface area contributed by atoms with Gasteiger partial charge in [0.15, 0.2) is 5.43 Å². The number of pyridine rings is 2. The number of nitrogens with zero attached hydrogens (tertiary/aromatic N) is 2. The summed E-state index contributed by atoms with van der Waals surface area (Å²) in [5.41, 5.74) is 4.35. The first-order valence-electron chi connectivity index (χ1n) is 10.2.